The summed E-state index contributed by atoms with van der Waals surface area (Å²) in [6.45, 7) is 7.94. The monoisotopic (exact) mass is 214 g/mol. The predicted octanol–water partition coefficient (Wildman–Crippen LogP) is 4.20. The molecule has 0 aromatic carbocycles. The molecular weight excluding hydrogens is 188 g/mol. The standard InChI is InChI=1S/C12H26OSi/c1-4-14(2,3)13-11-10-12-8-6-5-7-9-12/h12H,4-11H2,1-3H3. The van der Waals surface area contributed by atoms with Crippen molar-refractivity contribution >= 4 is 8.32 Å². The molecule has 0 aliphatic heterocycles. The van der Waals surface area contributed by atoms with Crippen LogP contribution < -0.4 is 0 Å². The third-order valence-electron chi connectivity index (χ3n) is 3.60. The van der Waals surface area contributed by atoms with E-state index in [0.717, 1.165) is 12.5 Å². The molecule has 84 valence electrons. The van der Waals surface area contributed by atoms with Crippen molar-refractivity contribution in [1.29, 1.82) is 0 Å². The molecule has 1 rings (SSSR count). The van der Waals surface area contributed by atoms with Crippen LogP contribution in [0.15, 0.2) is 0 Å². The van der Waals surface area contributed by atoms with Crippen LogP contribution in [0.1, 0.15) is 45.4 Å². The lowest BCUT2D eigenvalue weighted by Gasteiger charge is -2.25. The molecule has 0 radical (unpaired) electrons. The molecule has 0 aromatic rings. The van der Waals surface area contributed by atoms with E-state index in [9.17, 15) is 0 Å². The lowest BCUT2D eigenvalue weighted by molar-refractivity contribution is 0.240. The van der Waals surface area contributed by atoms with Crippen molar-refractivity contribution < 1.29 is 4.43 Å². The van der Waals surface area contributed by atoms with Crippen molar-refractivity contribution in [2.45, 2.75) is 64.6 Å². The highest BCUT2D eigenvalue weighted by molar-refractivity contribution is 6.71. The molecule has 2 heteroatoms. The van der Waals surface area contributed by atoms with Crippen LogP contribution in [-0.4, -0.2) is 14.9 Å². The lowest BCUT2D eigenvalue weighted by atomic mass is 9.87. The van der Waals surface area contributed by atoms with Crippen LogP contribution >= 0.6 is 0 Å². The molecule has 0 amide bonds. The Bertz CT molecular complexity index is 150. The Morgan fingerprint density at radius 2 is 1.79 bits per heavy atom. The maximum absolute atomic E-state index is 6.02. The van der Waals surface area contributed by atoms with Crippen LogP contribution in [0.5, 0.6) is 0 Å². The van der Waals surface area contributed by atoms with Gasteiger partial charge >= 0.3 is 0 Å². The average molecular weight is 214 g/mol. The summed E-state index contributed by atoms with van der Waals surface area (Å²) < 4.78 is 6.02. The Balaban J connectivity index is 2.08. The molecule has 0 bridgehead atoms. The van der Waals surface area contributed by atoms with Crippen LogP contribution in [0, 0.1) is 5.92 Å². The fourth-order valence-corrected chi connectivity index (χ4v) is 2.95. The molecule has 1 nitrogen and oxygen atoms in total. The van der Waals surface area contributed by atoms with Gasteiger partial charge in [-0.1, -0.05) is 39.0 Å². The quantitative estimate of drug-likeness (QED) is 0.623. The van der Waals surface area contributed by atoms with Crippen molar-refractivity contribution in [2.75, 3.05) is 6.61 Å². The maximum atomic E-state index is 6.02. The molecule has 1 aliphatic rings. The van der Waals surface area contributed by atoms with Gasteiger partial charge in [0.1, 0.15) is 0 Å². The van der Waals surface area contributed by atoms with Crippen molar-refractivity contribution in [3.05, 3.63) is 0 Å². The van der Waals surface area contributed by atoms with Gasteiger partial charge in [-0.15, -0.1) is 0 Å². The first-order valence-electron chi connectivity index (χ1n) is 6.28. The summed E-state index contributed by atoms with van der Waals surface area (Å²) in [4.78, 5) is 0. The van der Waals surface area contributed by atoms with Crippen LogP contribution in [0.4, 0.5) is 0 Å². The minimum atomic E-state index is -1.26. The van der Waals surface area contributed by atoms with Crippen LogP contribution in [0.25, 0.3) is 0 Å². The molecule has 0 atom stereocenters. The molecule has 1 fully saturated rings. The summed E-state index contributed by atoms with van der Waals surface area (Å²) in [6, 6.07) is 1.25. The fraction of sp³-hybridized carbons (Fsp3) is 1.00. The predicted molar refractivity (Wildman–Crippen MR) is 65.1 cm³/mol. The number of hydrogen-bond donors (Lipinski definition) is 0. The minimum Gasteiger partial charge on any atom is -0.417 e. The van der Waals surface area contributed by atoms with Gasteiger partial charge in [-0.05, 0) is 31.5 Å². The van der Waals surface area contributed by atoms with E-state index in [1.165, 1.54) is 44.6 Å². The van der Waals surface area contributed by atoms with E-state index in [2.05, 4.69) is 20.0 Å². The topological polar surface area (TPSA) is 9.23 Å². The Labute approximate surface area is 90.4 Å². The van der Waals surface area contributed by atoms with Gasteiger partial charge in [0, 0.05) is 6.61 Å². The van der Waals surface area contributed by atoms with Crippen molar-refractivity contribution in [2.24, 2.45) is 5.92 Å². The van der Waals surface area contributed by atoms with Gasteiger partial charge in [0.2, 0.25) is 0 Å². The van der Waals surface area contributed by atoms with Gasteiger partial charge in [-0.3, -0.25) is 0 Å². The fourth-order valence-electron chi connectivity index (χ4n) is 2.08. The van der Waals surface area contributed by atoms with E-state index >= 15 is 0 Å². The highest BCUT2D eigenvalue weighted by atomic mass is 28.4. The SMILES string of the molecule is CC[Si](C)(C)OCCC1CCCCC1. The highest BCUT2D eigenvalue weighted by Crippen LogP contribution is 2.26. The third kappa shape index (κ3) is 4.60. The second-order valence-corrected chi connectivity index (χ2v) is 9.77. The average Bonchev–Trinajstić information content (AvgIpc) is 2.19. The first-order valence-corrected chi connectivity index (χ1v) is 9.39. The summed E-state index contributed by atoms with van der Waals surface area (Å²) in [5.41, 5.74) is 0. The lowest BCUT2D eigenvalue weighted by Crippen LogP contribution is -2.30. The molecule has 0 heterocycles. The van der Waals surface area contributed by atoms with Crippen LogP contribution in [0.2, 0.25) is 19.1 Å². The third-order valence-corrected chi connectivity index (χ3v) is 6.28. The molecule has 0 spiro atoms. The van der Waals surface area contributed by atoms with Gasteiger partial charge in [0.25, 0.3) is 0 Å². The molecular formula is C12H26OSi. The van der Waals surface area contributed by atoms with Gasteiger partial charge < -0.3 is 4.43 Å². The van der Waals surface area contributed by atoms with Crippen molar-refractivity contribution in [3.8, 4) is 0 Å². The van der Waals surface area contributed by atoms with Gasteiger partial charge in [0.15, 0.2) is 8.32 Å². The van der Waals surface area contributed by atoms with E-state index in [1.54, 1.807) is 0 Å². The summed E-state index contributed by atoms with van der Waals surface area (Å²) in [7, 11) is -1.26. The van der Waals surface area contributed by atoms with E-state index in [0.29, 0.717) is 0 Å². The summed E-state index contributed by atoms with van der Waals surface area (Å²) in [6.07, 6.45) is 8.61. The van der Waals surface area contributed by atoms with Gasteiger partial charge in [0.05, 0.1) is 0 Å². The Morgan fingerprint density at radius 3 is 2.36 bits per heavy atom. The molecule has 0 saturated heterocycles. The van der Waals surface area contributed by atoms with Crippen LogP contribution in [-0.2, 0) is 4.43 Å². The van der Waals surface area contributed by atoms with Crippen molar-refractivity contribution in [1.82, 2.24) is 0 Å². The molecule has 0 unspecified atom stereocenters. The largest absolute Gasteiger partial charge is 0.417 e. The maximum Gasteiger partial charge on any atom is 0.186 e. The summed E-state index contributed by atoms with van der Waals surface area (Å²) >= 11 is 0. The molecule has 0 N–H and O–H groups in total. The first kappa shape index (κ1) is 12.2. The zero-order chi connectivity index (χ0) is 10.4. The second-order valence-electron chi connectivity index (χ2n) is 5.25. The zero-order valence-corrected chi connectivity index (χ0v) is 11.1. The molecule has 1 saturated carbocycles. The van der Waals surface area contributed by atoms with Gasteiger partial charge in [-0.2, -0.15) is 0 Å². The smallest absolute Gasteiger partial charge is 0.186 e. The van der Waals surface area contributed by atoms with Crippen LogP contribution in [0.3, 0.4) is 0 Å². The highest BCUT2D eigenvalue weighted by Gasteiger charge is 2.20. The molecule has 0 aromatic heterocycles. The van der Waals surface area contributed by atoms with Crippen molar-refractivity contribution in [3.63, 3.8) is 0 Å². The minimum absolute atomic E-state index is 0.977. The van der Waals surface area contributed by atoms with Gasteiger partial charge in [-0.25, -0.2) is 0 Å². The second kappa shape index (κ2) is 5.91. The molecule has 1 aliphatic carbocycles. The number of rotatable bonds is 5. The Hall–Kier alpha value is 0.177. The summed E-state index contributed by atoms with van der Waals surface area (Å²) in [5.74, 6) is 0.977. The summed E-state index contributed by atoms with van der Waals surface area (Å²) in [5, 5.41) is 0. The first-order chi connectivity index (χ1) is 6.64. The molecule has 14 heavy (non-hydrogen) atoms. The Morgan fingerprint density at radius 1 is 1.14 bits per heavy atom. The van der Waals surface area contributed by atoms with E-state index in [1.807, 2.05) is 0 Å². The Kier molecular flexibility index (Phi) is 5.17. The zero-order valence-electron chi connectivity index (χ0n) is 10.1. The normalized spacial score (nSPS) is 19.9. The van der Waals surface area contributed by atoms with E-state index in [-0.39, 0.29) is 0 Å². The van der Waals surface area contributed by atoms with E-state index in [4.69, 9.17) is 4.43 Å². The number of hydrogen-bond acceptors (Lipinski definition) is 1. The van der Waals surface area contributed by atoms with E-state index < -0.39 is 8.32 Å².